The molecule has 2 aromatic heterocycles. The van der Waals surface area contributed by atoms with Crippen LogP contribution < -0.4 is 5.69 Å². The summed E-state index contributed by atoms with van der Waals surface area (Å²) in [5, 5.41) is 9.54. The van der Waals surface area contributed by atoms with Crippen LogP contribution >= 0.6 is 11.3 Å². The van der Waals surface area contributed by atoms with Crippen molar-refractivity contribution in [2.24, 2.45) is 5.92 Å². The first-order valence-electron chi connectivity index (χ1n) is 9.74. The van der Waals surface area contributed by atoms with Gasteiger partial charge >= 0.3 is 11.7 Å². The topological polar surface area (TPSA) is 97.3 Å². The Morgan fingerprint density at radius 1 is 1.17 bits per heavy atom. The van der Waals surface area contributed by atoms with Gasteiger partial charge in [-0.05, 0) is 60.5 Å². The number of carbonyl (C=O) groups is 2. The number of esters is 1. The molecular weight excluding hydrogens is 404 g/mol. The SMILES string of the molecule is COC(=O)c1ccc(C(=O)N2CCC(Cc3n[nH]c(=O)n3-c3cccs3)CC2)cc1. The number of aromatic nitrogens is 3. The number of methoxy groups -OCH3 is 1. The largest absolute Gasteiger partial charge is 0.465 e. The van der Waals surface area contributed by atoms with E-state index in [-0.39, 0.29) is 11.6 Å². The van der Waals surface area contributed by atoms with Gasteiger partial charge in [-0.3, -0.25) is 4.79 Å². The first-order chi connectivity index (χ1) is 14.6. The average Bonchev–Trinajstić information content (AvgIpc) is 3.43. The molecule has 1 aliphatic heterocycles. The van der Waals surface area contributed by atoms with Crippen molar-refractivity contribution in [3.63, 3.8) is 0 Å². The van der Waals surface area contributed by atoms with Crippen molar-refractivity contribution in [1.29, 1.82) is 0 Å². The Kier molecular flexibility index (Phi) is 5.80. The molecule has 3 heterocycles. The molecule has 1 amide bonds. The van der Waals surface area contributed by atoms with Gasteiger partial charge in [0.15, 0.2) is 0 Å². The van der Waals surface area contributed by atoms with Crippen LogP contribution in [0.25, 0.3) is 5.00 Å². The van der Waals surface area contributed by atoms with E-state index in [1.54, 1.807) is 28.8 Å². The molecular formula is C21H22N4O4S. The highest BCUT2D eigenvalue weighted by Crippen LogP contribution is 2.24. The number of rotatable bonds is 5. The van der Waals surface area contributed by atoms with Gasteiger partial charge in [-0.2, -0.15) is 5.10 Å². The van der Waals surface area contributed by atoms with Crippen LogP contribution in [0.4, 0.5) is 0 Å². The Hall–Kier alpha value is -3.20. The Labute approximate surface area is 177 Å². The first-order valence-corrected chi connectivity index (χ1v) is 10.6. The third-order valence-corrected chi connectivity index (χ3v) is 6.25. The number of thiophene rings is 1. The molecule has 9 heteroatoms. The lowest BCUT2D eigenvalue weighted by atomic mass is 9.93. The van der Waals surface area contributed by atoms with E-state index in [0.717, 1.165) is 23.7 Å². The molecule has 156 valence electrons. The summed E-state index contributed by atoms with van der Waals surface area (Å²) < 4.78 is 6.31. The number of nitrogens with zero attached hydrogens (tertiary/aromatic N) is 3. The van der Waals surface area contributed by atoms with Gasteiger partial charge in [0.05, 0.1) is 12.7 Å². The zero-order valence-corrected chi connectivity index (χ0v) is 17.4. The summed E-state index contributed by atoms with van der Waals surface area (Å²) in [6.07, 6.45) is 2.38. The van der Waals surface area contributed by atoms with Gasteiger partial charge in [-0.15, -0.1) is 11.3 Å². The maximum Gasteiger partial charge on any atom is 0.348 e. The molecule has 1 saturated heterocycles. The van der Waals surface area contributed by atoms with E-state index in [1.165, 1.54) is 18.4 Å². The third-order valence-electron chi connectivity index (χ3n) is 5.39. The Bertz CT molecular complexity index is 1080. The molecule has 30 heavy (non-hydrogen) atoms. The van der Waals surface area contributed by atoms with Gasteiger partial charge in [0.1, 0.15) is 10.8 Å². The van der Waals surface area contributed by atoms with Gasteiger partial charge in [0, 0.05) is 25.1 Å². The predicted molar refractivity (Wildman–Crippen MR) is 112 cm³/mol. The molecule has 1 N–H and O–H groups in total. The highest BCUT2D eigenvalue weighted by atomic mass is 32.1. The van der Waals surface area contributed by atoms with Crippen LogP contribution in [0.3, 0.4) is 0 Å². The monoisotopic (exact) mass is 426 g/mol. The summed E-state index contributed by atoms with van der Waals surface area (Å²) in [4.78, 5) is 38.3. The summed E-state index contributed by atoms with van der Waals surface area (Å²) in [5.41, 5.74) is 0.749. The molecule has 0 atom stereocenters. The summed E-state index contributed by atoms with van der Waals surface area (Å²) in [6.45, 7) is 1.30. The number of likely N-dealkylation sites (tertiary alicyclic amines) is 1. The summed E-state index contributed by atoms with van der Waals surface area (Å²) >= 11 is 1.50. The number of ether oxygens (including phenoxy) is 1. The van der Waals surface area contributed by atoms with Gasteiger partial charge in [0.2, 0.25) is 0 Å². The van der Waals surface area contributed by atoms with Gasteiger partial charge < -0.3 is 9.64 Å². The van der Waals surface area contributed by atoms with Crippen LogP contribution in [0.1, 0.15) is 39.4 Å². The summed E-state index contributed by atoms with van der Waals surface area (Å²) in [6, 6.07) is 10.3. The van der Waals surface area contributed by atoms with Crippen LogP contribution in [0, 0.1) is 5.92 Å². The molecule has 8 nitrogen and oxygen atoms in total. The third kappa shape index (κ3) is 4.06. The quantitative estimate of drug-likeness (QED) is 0.632. The molecule has 0 saturated carbocycles. The lowest BCUT2D eigenvalue weighted by Gasteiger charge is -2.32. The lowest BCUT2D eigenvalue weighted by Crippen LogP contribution is -2.39. The molecule has 0 unspecified atom stereocenters. The van der Waals surface area contributed by atoms with E-state index < -0.39 is 5.97 Å². The number of aromatic amines is 1. The van der Waals surface area contributed by atoms with Crippen molar-refractivity contribution >= 4 is 23.2 Å². The number of amides is 1. The maximum absolute atomic E-state index is 12.8. The van der Waals surface area contributed by atoms with Crippen LogP contribution in [0.2, 0.25) is 0 Å². The summed E-state index contributed by atoms with van der Waals surface area (Å²) in [7, 11) is 1.33. The van der Waals surface area contributed by atoms with Crippen molar-refractivity contribution in [2.75, 3.05) is 20.2 Å². The molecule has 4 rings (SSSR count). The molecule has 3 aromatic rings. The van der Waals surface area contributed by atoms with E-state index in [1.807, 2.05) is 22.4 Å². The molecule has 0 spiro atoms. The molecule has 1 aromatic carbocycles. The average molecular weight is 426 g/mol. The normalized spacial score (nSPS) is 14.6. The summed E-state index contributed by atoms with van der Waals surface area (Å²) in [5.74, 6) is 0.615. The zero-order valence-electron chi connectivity index (χ0n) is 16.5. The van der Waals surface area contributed by atoms with E-state index in [2.05, 4.69) is 14.9 Å². The number of carbonyl (C=O) groups excluding carboxylic acids is 2. The highest BCUT2D eigenvalue weighted by molar-refractivity contribution is 7.12. The zero-order chi connectivity index (χ0) is 21.1. The van der Waals surface area contributed by atoms with Crippen LogP contribution in [0.15, 0.2) is 46.6 Å². The Morgan fingerprint density at radius 2 is 1.87 bits per heavy atom. The van der Waals surface area contributed by atoms with Crippen molar-refractivity contribution in [2.45, 2.75) is 19.3 Å². The lowest BCUT2D eigenvalue weighted by molar-refractivity contribution is 0.0599. The Balaban J connectivity index is 1.37. The van der Waals surface area contributed by atoms with E-state index in [4.69, 9.17) is 0 Å². The highest BCUT2D eigenvalue weighted by Gasteiger charge is 2.26. The number of piperidine rings is 1. The second-order valence-corrected chi connectivity index (χ2v) is 8.17. The second kappa shape index (κ2) is 8.66. The minimum Gasteiger partial charge on any atom is -0.465 e. The molecule has 1 fully saturated rings. The van der Waals surface area contributed by atoms with Crippen LogP contribution in [-0.2, 0) is 11.2 Å². The second-order valence-electron chi connectivity index (χ2n) is 7.24. The Morgan fingerprint density at radius 3 is 2.50 bits per heavy atom. The van der Waals surface area contributed by atoms with Gasteiger partial charge in [-0.25, -0.2) is 19.3 Å². The number of benzene rings is 1. The number of hydrogen-bond donors (Lipinski definition) is 1. The molecule has 0 aliphatic carbocycles. The fourth-order valence-electron chi connectivity index (χ4n) is 3.74. The van der Waals surface area contributed by atoms with Crippen LogP contribution in [-0.4, -0.2) is 51.7 Å². The van der Waals surface area contributed by atoms with Gasteiger partial charge in [-0.1, -0.05) is 0 Å². The fourth-order valence-corrected chi connectivity index (χ4v) is 4.49. The molecule has 0 bridgehead atoms. The van der Waals surface area contributed by atoms with Crippen molar-refractivity contribution in [3.05, 3.63) is 69.2 Å². The standard InChI is InChI=1S/C21H22N4O4S/c1-29-20(27)16-6-4-15(5-7-16)19(26)24-10-8-14(9-11-24)13-17-22-23-21(28)25(17)18-3-2-12-30-18/h2-7,12,14H,8-11,13H2,1H3,(H,23,28). The number of H-pyrrole nitrogens is 1. The molecule has 1 aliphatic rings. The van der Waals surface area contributed by atoms with Gasteiger partial charge in [0.25, 0.3) is 5.91 Å². The molecule has 0 radical (unpaired) electrons. The fraction of sp³-hybridized carbons (Fsp3) is 0.333. The number of hydrogen-bond acceptors (Lipinski definition) is 6. The predicted octanol–water partition coefficient (Wildman–Crippen LogP) is 2.50. The first kappa shape index (κ1) is 20.1. The minimum absolute atomic E-state index is 0.0415. The smallest absolute Gasteiger partial charge is 0.348 e. The minimum atomic E-state index is -0.422. The van der Waals surface area contributed by atoms with E-state index in [0.29, 0.717) is 36.6 Å². The van der Waals surface area contributed by atoms with Crippen molar-refractivity contribution < 1.29 is 14.3 Å². The van der Waals surface area contributed by atoms with E-state index >= 15 is 0 Å². The van der Waals surface area contributed by atoms with Crippen molar-refractivity contribution in [3.8, 4) is 5.00 Å². The maximum atomic E-state index is 12.8. The van der Waals surface area contributed by atoms with E-state index in [9.17, 15) is 14.4 Å². The van der Waals surface area contributed by atoms with Crippen LogP contribution in [0.5, 0.6) is 0 Å². The number of nitrogens with one attached hydrogen (secondary N) is 1. The van der Waals surface area contributed by atoms with Crippen molar-refractivity contribution in [1.82, 2.24) is 19.7 Å².